The van der Waals surface area contributed by atoms with E-state index in [4.69, 9.17) is 9.47 Å². The molecule has 3 rings (SSSR count). The Labute approximate surface area is 165 Å². The number of nitrogens with zero attached hydrogens (tertiary/aromatic N) is 2. The van der Waals surface area contributed by atoms with Gasteiger partial charge in [-0.05, 0) is 12.1 Å². The summed E-state index contributed by atoms with van der Waals surface area (Å²) in [6.45, 7) is 3.36. The van der Waals surface area contributed by atoms with E-state index in [1.807, 2.05) is 0 Å². The van der Waals surface area contributed by atoms with Gasteiger partial charge in [0.2, 0.25) is 5.91 Å². The van der Waals surface area contributed by atoms with Crippen LogP contribution >= 0.6 is 0 Å². The Kier molecular flexibility index (Phi) is 5.62. The number of ether oxygens (including phenoxy) is 2. The zero-order chi connectivity index (χ0) is 21.1. The maximum absolute atomic E-state index is 14.8. The van der Waals surface area contributed by atoms with Crippen molar-refractivity contribution < 1.29 is 27.8 Å². The van der Waals surface area contributed by atoms with E-state index in [1.54, 1.807) is 6.07 Å². The highest BCUT2D eigenvalue weighted by atomic mass is 19.1. The Hall–Kier alpha value is -3.69. The molecule has 3 amide bonds. The number of carbonyl (C=O) groups is 2. The third kappa shape index (κ3) is 3.82. The predicted molar refractivity (Wildman–Crippen MR) is 101 cm³/mol. The summed E-state index contributed by atoms with van der Waals surface area (Å²) in [6.07, 6.45) is 2.59. The van der Waals surface area contributed by atoms with E-state index in [1.165, 1.54) is 20.4 Å². The number of hydrogen-bond donors (Lipinski definition) is 2. The highest BCUT2D eigenvalue weighted by Gasteiger charge is 2.32. The van der Waals surface area contributed by atoms with Crippen molar-refractivity contribution in [2.75, 3.05) is 24.4 Å². The second kappa shape index (κ2) is 8.13. The van der Waals surface area contributed by atoms with Crippen molar-refractivity contribution in [3.8, 4) is 11.5 Å². The van der Waals surface area contributed by atoms with Crippen molar-refractivity contribution in [1.82, 2.24) is 10.3 Å². The molecular formula is C19H18F2N4O4. The van der Waals surface area contributed by atoms with Crippen LogP contribution in [0.4, 0.5) is 25.0 Å². The first-order chi connectivity index (χ1) is 13.9. The van der Waals surface area contributed by atoms with Gasteiger partial charge in [0.15, 0.2) is 23.1 Å². The first-order valence-electron chi connectivity index (χ1n) is 8.46. The van der Waals surface area contributed by atoms with E-state index < -0.39 is 23.4 Å². The molecule has 0 bridgehead atoms. The van der Waals surface area contributed by atoms with E-state index in [0.29, 0.717) is 16.9 Å². The Balaban J connectivity index is 1.94. The number of rotatable bonds is 6. The SMILES string of the molecule is C=CC(=O)NCc1cc2c(cn1)CN(c1c(F)c(OC)cc(OC)c1F)C(=O)N2. The molecule has 0 unspecified atom stereocenters. The van der Waals surface area contributed by atoms with Crippen molar-refractivity contribution >= 4 is 23.3 Å². The molecule has 0 atom stereocenters. The molecular weight excluding hydrogens is 386 g/mol. The molecule has 10 heteroatoms. The van der Waals surface area contributed by atoms with Gasteiger partial charge in [-0.1, -0.05) is 6.58 Å². The van der Waals surface area contributed by atoms with Crippen molar-refractivity contribution in [3.05, 3.63) is 53.9 Å². The largest absolute Gasteiger partial charge is 0.493 e. The van der Waals surface area contributed by atoms with Crippen molar-refractivity contribution in [3.63, 3.8) is 0 Å². The van der Waals surface area contributed by atoms with Crippen molar-refractivity contribution in [1.29, 1.82) is 0 Å². The standard InChI is InChI=1S/C19H18F2N4O4/c1-4-15(26)23-8-11-5-12-10(7-22-11)9-25(19(27)24-12)18-16(20)13(28-2)6-14(29-3)17(18)21/h4-7H,1,8-9H2,2-3H3,(H,23,26)(H,24,27). The second-order valence-corrected chi connectivity index (χ2v) is 6.03. The molecule has 2 heterocycles. The molecule has 0 fully saturated rings. The van der Waals surface area contributed by atoms with Gasteiger partial charge < -0.3 is 20.1 Å². The normalized spacial score (nSPS) is 12.7. The maximum atomic E-state index is 14.8. The monoisotopic (exact) mass is 404 g/mol. The molecule has 0 aliphatic carbocycles. The van der Waals surface area contributed by atoms with E-state index in [0.717, 1.165) is 17.0 Å². The minimum atomic E-state index is -1.03. The van der Waals surface area contributed by atoms with Crippen LogP contribution in [0.2, 0.25) is 0 Å². The minimum Gasteiger partial charge on any atom is -0.493 e. The summed E-state index contributed by atoms with van der Waals surface area (Å²) < 4.78 is 39.3. The van der Waals surface area contributed by atoms with Crippen LogP contribution < -0.4 is 25.0 Å². The molecule has 29 heavy (non-hydrogen) atoms. The zero-order valence-electron chi connectivity index (χ0n) is 15.7. The predicted octanol–water partition coefficient (Wildman–Crippen LogP) is 2.73. The first kappa shape index (κ1) is 20.1. The lowest BCUT2D eigenvalue weighted by molar-refractivity contribution is -0.116. The second-order valence-electron chi connectivity index (χ2n) is 6.03. The van der Waals surface area contributed by atoms with Gasteiger partial charge in [-0.2, -0.15) is 0 Å². The number of urea groups is 1. The van der Waals surface area contributed by atoms with E-state index >= 15 is 0 Å². The molecule has 0 spiro atoms. The zero-order valence-corrected chi connectivity index (χ0v) is 15.7. The number of benzene rings is 1. The molecule has 0 saturated carbocycles. The molecule has 1 aliphatic rings. The summed E-state index contributed by atoms with van der Waals surface area (Å²) >= 11 is 0. The number of halogens is 2. The number of aromatic nitrogens is 1. The van der Waals surface area contributed by atoms with Gasteiger partial charge in [0.1, 0.15) is 5.69 Å². The number of nitrogens with one attached hydrogen (secondary N) is 2. The lowest BCUT2D eigenvalue weighted by Crippen LogP contribution is -2.40. The van der Waals surface area contributed by atoms with Crippen LogP contribution in [0.25, 0.3) is 0 Å². The highest BCUT2D eigenvalue weighted by Crippen LogP contribution is 2.39. The third-order valence-electron chi connectivity index (χ3n) is 4.31. The van der Waals surface area contributed by atoms with Gasteiger partial charge in [0, 0.05) is 17.8 Å². The molecule has 0 radical (unpaired) electrons. The number of hydrogen-bond acceptors (Lipinski definition) is 5. The summed E-state index contributed by atoms with van der Waals surface area (Å²) in [6, 6.07) is 1.90. The number of anilines is 2. The van der Waals surface area contributed by atoms with Crippen LogP contribution in [0, 0.1) is 11.6 Å². The fourth-order valence-electron chi connectivity index (χ4n) is 2.83. The number of carbonyl (C=O) groups excluding carboxylic acids is 2. The third-order valence-corrected chi connectivity index (χ3v) is 4.31. The minimum absolute atomic E-state index is 0.127. The van der Waals surface area contributed by atoms with Gasteiger partial charge in [-0.3, -0.25) is 14.7 Å². The average molecular weight is 404 g/mol. The smallest absolute Gasteiger partial charge is 0.326 e. The highest BCUT2D eigenvalue weighted by molar-refractivity contribution is 6.04. The van der Waals surface area contributed by atoms with Gasteiger partial charge in [0.25, 0.3) is 0 Å². The summed E-state index contributed by atoms with van der Waals surface area (Å²) in [4.78, 5) is 29.0. The fourth-order valence-corrected chi connectivity index (χ4v) is 2.83. The molecule has 1 aromatic heterocycles. The Morgan fingerprint density at radius 3 is 2.55 bits per heavy atom. The van der Waals surface area contributed by atoms with Crippen LogP contribution in [0.5, 0.6) is 11.5 Å². The van der Waals surface area contributed by atoms with Crippen molar-refractivity contribution in [2.24, 2.45) is 0 Å². The fraction of sp³-hybridized carbons (Fsp3) is 0.211. The van der Waals surface area contributed by atoms with E-state index in [9.17, 15) is 18.4 Å². The van der Waals surface area contributed by atoms with Crippen LogP contribution in [-0.2, 0) is 17.9 Å². The molecule has 8 nitrogen and oxygen atoms in total. The molecule has 2 aromatic rings. The summed E-state index contributed by atoms with van der Waals surface area (Å²) in [5, 5.41) is 5.15. The molecule has 0 saturated heterocycles. The van der Waals surface area contributed by atoms with Crippen molar-refractivity contribution in [2.45, 2.75) is 13.1 Å². The number of fused-ring (bicyclic) bond motifs is 1. The molecule has 152 valence electrons. The summed E-state index contributed by atoms with van der Waals surface area (Å²) in [5.74, 6) is -2.94. The lowest BCUT2D eigenvalue weighted by Gasteiger charge is -2.30. The van der Waals surface area contributed by atoms with E-state index in [2.05, 4.69) is 22.2 Å². The topological polar surface area (TPSA) is 92.8 Å². The van der Waals surface area contributed by atoms with Gasteiger partial charge in [0.05, 0.1) is 38.7 Å². The molecule has 1 aromatic carbocycles. The van der Waals surface area contributed by atoms with Crippen LogP contribution in [0.3, 0.4) is 0 Å². The van der Waals surface area contributed by atoms with Gasteiger partial charge in [-0.15, -0.1) is 0 Å². The first-order valence-corrected chi connectivity index (χ1v) is 8.46. The van der Waals surface area contributed by atoms with Gasteiger partial charge in [-0.25, -0.2) is 13.6 Å². The summed E-state index contributed by atoms with van der Waals surface area (Å²) in [5.41, 5.74) is 0.864. The van der Waals surface area contributed by atoms with Crippen LogP contribution in [0.1, 0.15) is 11.3 Å². The van der Waals surface area contributed by atoms with E-state index in [-0.39, 0.29) is 30.5 Å². The quantitative estimate of drug-likeness (QED) is 0.723. The lowest BCUT2D eigenvalue weighted by atomic mass is 10.1. The Bertz CT molecular complexity index is 968. The Morgan fingerprint density at radius 1 is 1.31 bits per heavy atom. The van der Waals surface area contributed by atoms with Gasteiger partial charge >= 0.3 is 6.03 Å². The maximum Gasteiger partial charge on any atom is 0.326 e. The van der Waals surface area contributed by atoms with Crippen LogP contribution in [0.15, 0.2) is 31.0 Å². The average Bonchev–Trinajstić information content (AvgIpc) is 2.72. The van der Waals surface area contributed by atoms with Crippen LogP contribution in [-0.4, -0.2) is 31.1 Å². The number of methoxy groups -OCH3 is 2. The summed E-state index contributed by atoms with van der Waals surface area (Å²) in [7, 11) is 2.45. The number of amides is 3. The number of pyridine rings is 1. The Morgan fingerprint density at radius 2 is 1.97 bits per heavy atom. The molecule has 2 N–H and O–H groups in total. The molecule has 1 aliphatic heterocycles.